The Morgan fingerprint density at radius 1 is 0.893 bits per heavy atom. The predicted molar refractivity (Wildman–Crippen MR) is 109 cm³/mol. The van der Waals surface area contributed by atoms with Crippen molar-refractivity contribution in [3.05, 3.63) is 89.1 Å². The van der Waals surface area contributed by atoms with Gasteiger partial charge in [0, 0.05) is 18.3 Å². The number of hydrogen-bond acceptors (Lipinski definition) is 3. The molecule has 2 heterocycles. The quantitative estimate of drug-likeness (QED) is 0.620. The van der Waals surface area contributed by atoms with E-state index >= 15 is 0 Å². The number of rotatable bonds is 5. The molecule has 1 aliphatic heterocycles. The molecule has 0 N–H and O–H groups in total. The number of pyridine rings is 1. The second-order valence-corrected chi connectivity index (χ2v) is 7.45. The lowest BCUT2D eigenvalue weighted by molar-refractivity contribution is 0.0632. The summed E-state index contributed by atoms with van der Waals surface area (Å²) < 4.78 is 0. The summed E-state index contributed by atoms with van der Waals surface area (Å²) in [5.74, 6) is -0.255. The van der Waals surface area contributed by atoms with Gasteiger partial charge in [0.1, 0.15) is 0 Å². The molecule has 1 atom stereocenters. The van der Waals surface area contributed by atoms with Gasteiger partial charge < -0.3 is 0 Å². The van der Waals surface area contributed by atoms with Crippen molar-refractivity contribution in [3.63, 3.8) is 0 Å². The second kappa shape index (κ2) is 7.39. The van der Waals surface area contributed by atoms with Gasteiger partial charge in [-0.1, -0.05) is 42.8 Å². The number of fused-ring (bicyclic) bond motifs is 1. The highest BCUT2D eigenvalue weighted by molar-refractivity contribution is 6.21. The van der Waals surface area contributed by atoms with Gasteiger partial charge in [-0.05, 0) is 55.2 Å². The standard InChI is InChI=1S/C24H22N2O2/c1-16-10-11-18(21(14-16)22-9-5-6-12-25-22)13-17(2)15-26-23(27)19-7-3-4-8-20(19)24(26)28/h3-12,14,17H,13,15H2,1-2H3. The molecular weight excluding hydrogens is 348 g/mol. The molecule has 28 heavy (non-hydrogen) atoms. The molecule has 3 aromatic rings. The fourth-order valence-electron chi connectivity index (χ4n) is 3.79. The van der Waals surface area contributed by atoms with Crippen LogP contribution in [-0.2, 0) is 6.42 Å². The van der Waals surface area contributed by atoms with E-state index in [0.29, 0.717) is 17.7 Å². The van der Waals surface area contributed by atoms with Gasteiger partial charge in [0.2, 0.25) is 0 Å². The van der Waals surface area contributed by atoms with E-state index in [1.165, 1.54) is 16.0 Å². The largest absolute Gasteiger partial charge is 0.274 e. The third-order valence-electron chi connectivity index (χ3n) is 5.15. The Bertz CT molecular complexity index is 1010. The van der Waals surface area contributed by atoms with Crippen LogP contribution in [0.1, 0.15) is 38.8 Å². The fourth-order valence-corrected chi connectivity index (χ4v) is 3.79. The third-order valence-corrected chi connectivity index (χ3v) is 5.15. The Morgan fingerprint density at radius 3 is 2.21 bits per heavy atom. The number of carbonyl (C=O) groups is 2. The summed E-state index contributed by atoms with van der Waals surface area (Å²) in [5.41, 5.74) is 5.41. The molecular formula is C24H22N2O2. The monoisotopic (exact) mass is 370 g/mol. The molecule has 0 radical (unpaired) electrons. The summed E-state index contributed by atoms with van der Waals surface area (Å²) >= 11 is 0. The van der Waals surface area contributed by atoms with Crippen LogP contribution < -0.4 is 0 Å². The van der Waals surface area contributed by atoms with E-state index in [1.54, 1.807) is 30.5 Å². The van der Waals surface area contributed by atoms with Crippen molar-refractivity contribution in [3.8, 4) is 11.3 Å². The van der Waals surface area contributed by atoms with Crippen molar-refractivity contribution in [1.82, 2.24) is 9.88 Å². The lowest BCUT2D eigenvalue weighted by Crippen LogP contribution is -2.34. The molecule has 0 saturated carbocycles. The van der Waals surface area contributed by atoms with Crippen molar-refractivity contribution < 1.29 is 9.59 Å². The lowest BCUT2D eigenvalue weighted by Gasteiger charge is -2.20. The van der Waals surface area contributed by atoms with Crippen LogP contribution in [0.5, 0.6) is 0 Å². The molecule has 4 rings (SSSR count). The van der Waals surface area contributed by atoms with E-state index in [2.05, 4.69) is 37.0 Å². The van der Waals surface area contributed by atoms with Gasteiger partial charge in [0.15, 0.2) is 0 Å². The first-order valence-electron chi connectivity index (χ1n) is 9.50. The summed E-state index contributed by atoms with van der Waals surface area (Å²) in [7, 11) is 0. The molecule has 140 valence electrons. The number of hydrogen-bond donors (Lipinski definition) is 0. The van der Waals surface area contributed by atoms with Crippen LogP contribution in [0.2, 0.25) is 0 Å². The van der Waals surface area contributed by atoms with Gasteiger partial charge >= 0.3 is 0 Å². The molecule has 0 saturated heterocycles. The SMILES string of the molecule is Cc1ccc(CC(C)CN2C(=O)c3ccccc3C2=O)c(-c2ccccn2)c1. The summed E-state index contributed by atoms with van der Waals surface area (Å²) in [6, 6.07) is 19.3. The van der Waals surface area contributed by atoms with Crippen molar-refractivity contribution >= 4 is 11.8 Å². The normalized spacial score (nSPS) is 14.3. The molecule has 4 nitrogen and oxygen atoms in total. The molecule has 1 aliphatic rings. The molecule has 0 bridgehead atoms. The van der Waals surface area contributed by atoms with Crippen LogP contribution in [0.25, 0.3) is 11.3 Å². The van der Waals surface area contributed by atoms with E-state index in [1.807, 2.05) is 18.2 Å². The predicted octanol–water partition coefficient (Wildman–Crippen LogP) is 4.53. The molecule has 4 heteroatoms. The first kappa shape index (κ1) is 18.1. The molecule has 2 aromatic carbocycles. The van der Waals surface area contributed by atoms with Gasteiger partial charge in [-0.15, -0.1) is 0 Å². The van der Waals surface area contributed by atoms with Crippen molar-refractivity contribution in [2.24, 2.45) is 5.92 Å². The smallest absolute Gasteiger partial charge is 0.261 e. The van der Waals surface area contributed by atoms with E-state index in [9.17, 15) is 9.59 Å². The van der Waals surface area contributed by atoms with Crippen molar-refractivity contribution in [2.75, 3.05) is 6.54 Å². The maximum Gasteiger partial charge on any atom is 0.261 e. The van der Waals surface area contributed by atoms with E-state index in [4.69, 9.17) is 0 Å². The van der Waals surface area contributed by atoms with Gasteiger partial charge in [0.25, 0.3) is 11.8 Å². The Morgan fingerprint density at radius 2 is 1.57 bits per heavy atom. The average molecular weight is 370 g/mol. The van der Waals surface area contributed by atoms with Gasteiger partial charge in [-0.25, -0.2) is 0 Å². The summed E-state index contributed by atoms with van der Waals surface area (Å²) in [4.78, 5) is 31.1. The fraction of sp³-hybridized carbons (Fsp3) is 0.208. The first-order valence-corrected chi connectivity index (χ1v) is 9.50. The van der Waals surface area contributed by atoms with Crippen LogP contribution in [0.3, 0.4) is 0 Å². The minimum absolute atomic E-state index is 0.132. The Labute approximate surface area is 164 Å². The number of carbonyl (C=O) groups excluding carboxylic acids is 2. The highest BCUT2D eigenvalue weighted by atomic mass is 16.2. The Kier molecular flexibility index (Phi) is 4.78. The molecule has 1 unspecified atom stereocenters. The number of nitrogens with zero attached hydrogens (tertiary/aromatic N) is 2. The number of amides is 2. The van der Waals surface area contributed by atoms with E-state index in [-0.39, 0.29) is 17.7 Å². The van der Waals surface area contributed by atoms with Gasteiger partial charge in [-0.3, -0.25) is 19.5 Å². The van der Waals surface area contributed by atoms with Crippen LogP contribution in [0.15, 0.2) is 66.9 Å². The highest BCUT2D eigenvalue weighted by Gasteiger charge is 2.35. The molecule has 1 aromatic heterocycles. The van der Waals surface area contributed by atoms with Gasteiger partial charge in [0.05, 0.1) is 16.8 Å². The first-order chi connectivity index (χ1) is 13.5. The minimum atomic E-state index is -0.193. The molecule has 2 amide bonds. The Hall–Kier alpha value is -3.27. The zero-order valence-electron chi connectivity index (χ0n) is 16.1. The van der Waals surface area contributed by atoms with Crippen molar-refractivity contribution in [1.29, 1.82) is 0 Å². The number of imide groups is 1. The van der Waals surface area contributed by atoms with Gasteiger partial charge in [-0.2, -0.15) is 0 Å². The Balaban J connectivity index is 1.55. The highest BCUT2D eigenvalue weighted by Crippen LogP contribution is 2.28. The van der Waals surface area contributed by atoms with E-state index in [0.717, 1.165) is 17.7 Å². The number of benzene rings is 2. The van der Waals surface area contributed by atoms with Crippen molar-refractivity contribution in [2.45, 2.75) is 20.3 Å². The summed E-state index contributed by atoms with van der Waals surface area (Å²) in [6.45, 7) is 4.55. The van der Waals surface area contributed by atoms with Crippen LogP contribution in [-0.4, -0.2) is 28.2 Å². The summed E-state index contributed by atoms with van der Waals surface area (Å²) in [5, 5.41) is 0. The lowest BCUT2D eigenvalue weighted by atomic mass is 9.93. The molecule has 0 fully saturated rings. The topological polar surface area (TPSA) is 50.3 Å². The number of aromatic nitrogens is 1. The third kappa shape index (κ3) is 3.33. The van der Waals surface area contributed by atoms with Crippen LogP contribution in [0.4, 0.5) is 0 Å². The summed E-state index contributed by atoms with van der Waals surface area (Å²) in [6.07, 6.45) is 2.56. The van der Waals surface area contributed by atoms with Crippen LogP contribution >= 0.6 is 0 Å². The second-order valence-electron chi connectivity index (χ2n) is 7.45. The molecule has 0 aliphatic carbocycles. The minimum Gasteiger partial charge on any atom is -0.274 e. The zero-order chi connectivity index (χ0) is 19.7. The molecule has 0 spiro atoms. The zero-order valence-corrected chi connectivity index (χ0v) is 16.1. The maximum absolute atomic E-state index is 12.6. The maximum atomic E-state index is 12.6. The number of aryl methyl sites for hydroxylation is 1. The van der Waals surface area contributed by atoms with E-state index < -0.39 is 0 Å². The average Bonchev–Trinajstić information content (AvgIpc) is 2.95. The van der Waals surface area contributed by atoms with Crippen LogP contribution in [0, 0.1) is 12.8 Å².